The molecule has 32 heavy (non-hydrogen) atoms. The standard InChI is InChI=1S/C23H21F3N2O3.ClH/c24-23(25,26)31-17-5-1-3-15(11-17)18-6-2-4-16-12-20(30-21(16)18)22(29)27-19-13-28-9-7-14(19)8-10-28;/h1-6,11-12,14,19H,7-10,13H2,(H,27,29);1H/t19-;/m0./s1. The van der Waals surface area contributed by atoms with Crippen molar-refractivity contribution in [3.63, 3.8) is 0 Å². The van der Waals surface area contributed by atoms with E-state index in [0.29, 0.717) is 28.0 Å². The van der Waals surface area contributed by atoms with Crippen LogP contribution in [0.4, 0.5) is 13.2 Å². The van der Waals surface area contributed by atoms with E-state index in [1.54, 1.807) is 24.3 Å². The molecule has 3 aromatic rings. The molecule has 0 radical (unpaired) electrons. The van der Waals surface area contributed by atoms with Gasteiger partial charge in [-0.1, -0.05) is 30.3 Å². The number of ether oxygens (including phenoxy) is 1. The third kappa shape index (κ3) is 4.56. The summed E-state index contributed by atoms with van der Waals surface area (Å²) in [6, 6.07) is 12.8. The van der Waals surface area contributed by atoms with Gasteiger partial charge in [-0.05, 0) is 55.6 Å². The summed E-state index contributed by atoms with van der Waals surface area (Å²) in [6.45, 7) is 3.03. The number of fused-ring (bicyclic) bond motifs is 4. The summed E-state index contributed by atoms with van der Waals surface area (Å²) >= 11 is 0. The van der Waals surface area contributed by atoms with Crippen LogP contribution in [-0.2, 0) is 0 Å². The van der Waals surface area contributed by atoms with Crippen LogP contribution in [0.5, 0.6) is 5.75 Å². The van der Waals surface area contributed by atoms with E-state index in [0.717, 1.165) is 32.5 Å². The number of benzene rings is 2. The van der Waals surface area contributed by atoms with Crippen molar-refractivity contribution in [2.75, 3.05) is 19.6 Å². The number of rotatable bonds is 4. The van der Waals surface area contributed by atoms with Crippen molar-refractivity contribution in [1.29, 1.82) is 0 Å². The fourth-order valence-corrected chi connectivity index (χ4v) is 4.63. The Kier molecular flexibility index (Phi) is 6.09. The van der Waals surface area contributed by atoms with Gasteiger partial charge in [0.1, 0.15) is 11.3 Å². The van der Waals surface area contributed by atoms with Crippen molar-refractivity contribution in [2.45, 2.75) is 25.2 Å². The normalized spacial score (nSPS) is 22.4. The molecule has 1 amide bonds. The van der Waals surface area contributed by atoms with Crippen molar-refractivity contribution in [1.82, 2.24) is 10.2 Å². The largest absolute Gasteiger partial charge is 0.573 e. The number of piperidine rings is 3. The van der Waals surface area contributed by atoms with E-state index in [-0.39, 0.29) is 35.9 Å². The molecular formula is C23H22ClF3N2O3. The molecule has 9 heteroatoms. The summed E-state index contributed by atoms with van der Waals surface area (Å²) in [5.74, 6) is 0.107. The molecular weight excluding hydrogens is 445 g/mol. The zero-order valence-corrected chi connectivity index (χ0v) is 17.8. The van der Waals surface area contributed by atoms with E-state index in [9.17, 15) is 18.0 Å². The lowest BCUT2D eigenvalue weighted by atomic mass is 9.84. The number of halogens is 4. The Morgan fingerprint density at radius 2 is 1.84 bits per heavy atom. The number of furan rings is 1. The topological polar surface area (TPSA) is 54.7 Å². The number of nitrogens with zero attached hydrogens (tertiary/aromatic N) is 1. The maximum absolute atomic E-state index is 12.8. The lowest BCUT2D eigenvalue weighted by Crippen LogP contribution is -2.57. The van der Waals surface area contributed by atoms with Gasteiger partial charge in [0, 0.05) is 23.5 Å². The Morgan fingerprint density at radius 1 is 1.09 bits per heavy atom. The van der Waals surface area contributed by atoms with Gasteiger partial charge in [0.25, 0.3) is 5.91 Å². The van der Waals surface area contributed by atoms with Gasteiger partial charge in [-0.2, -0.15) is 0 Å². The van der Waals surface area contributed by atoms with E-state index >= 15 is 0 Å². The second-order valence-electron chi connectivity index (χ2n) is 8.13. The molecule has 1 aromatic heterocycles. The van der Waals surface area contributed by atoms with Crippen LogP contribution in [0.2, 0.25) is 0 Å². The van der Waals surface area contributed by atoms with Gasteiger partial charge in [0.2, 0.25) is 0 Å². The smallest absolute Gasteiger partial charge is 0.450 e. The van der Waals surface area contributed by atoms with Gasteiger partial charge in [0.15, 0.2) is 5.76 Å². The van der Waals surface area contributed by atoms with Gasteiger partial charge in [0.05, 0.1) is 0 Å². The number of carbonyl (C=O) groups is 1. The molecule has 3 saturated heterocycles. The molecule has 0 aliphatic carbocycles. The molecule has 0 unspecified atom stereocenters. The summed E-state index contributed by atoms with van der Waals surface area (Å²) < 4.78 is 47.7. The average Bonchev–Trinajstić information content (AvgIpc) is 3.18. The zero-order valence-electron chi connectivity index (χ0n) is 17.0. The molecule has 3 fully saturated rings. The number of hydrogen-bond acceptors (Lipinski definition) is 4. The van der Waals surface area contributed by atoms with Crippen LogP contribution < -0.4 is 10.1 Å². The average molecular weight is 467 g/mol. The highest BCUT2D eigenvalue weighted by Crippen LogP contribution is 2.34. The van der Waals surface area contributed by atoms with Gasteiger partial charge < -0.3 is 19.4 Å². The van der Waals surface area contributed by atoms with Crippen molar-refractivity contribution in [3.05, 3.63) is 54.3 Å². The number of carbonyl (C=O) groups excluding carboxylic acids is 1. The number of amides is 1. The van der Waals surface area contributed by atoms with Crippen LogP contribution in [-0.4, -0.2) is 42.8 Å². The van der Waals surface area contributed by atoms with Crippen molar-refractivity contribution in [2.24, 2.45) is 5.92 Å². The third-order valence-corrected chi connectivity index (χ3v) is 6.12. The second-order valence-corrected chi connectivity index (χ2v) is 8.13. The van der Waals surface area contributed by atoms with E-state index in [1.807, 2.05) is 6.07 Å². The molecule has 3 aliphatic heterocycles. The van der Waals surface area contributed by atoms with Gasteiger partial charge in [-0.25, -0.2) is 0 Å². The molecule has 2 aromatic carbocycles. The maximum atomic E-state index is 12.8. The molecule has 6 rings (SSSR count). The van der Waals surface area contributed by atoms with Gasteiger partial charge in [-0.3, -0.25) is 4.79 Å². The van der Waals surface area contributed by atoms with Crippen LogP contribution in [0.1, 0.15) is 23.4 Å². The van der Waals surface area contributed by atoms with E-state index in [1.165, 1.54) is 18.2 Å². The first kappa shape index (κ1) is 22.5. The predicted molar refractivity (Wildman–Crippen MR) is 116 cm³/mol. The molecule has 5 nitrogen and oxygen atoms in total. The lowest BCUT2D eigenvalue weighted by Gasteiger charge is -2.44. The highest BCUT2D eigenvalue weighted by molar-refractivity contribution is 6.00. The molecule has 2 bridgehead atoms. The predicted octanol–water partition coefficient (Wildman–Crippen LogP) is 5.24. The molecule has 0 spiro atoms. The first-order valence-corrected chi connectivity index (χ1v) is 10.3. The number of alkyl halides is 3. The highest BCUT2D eigenvalue weighted by Gasteiger charge is 2.35. The fourth-order valence-electron chi connectivity index (χ4n) is 4.63. The molecule has 1 atom stereocenters. The van der Waals surface area contributed by atoms with E-state index < -0.39 is 6.36 Å². The number of para-hydroxylation sites is 1. The molecule has 1 N–H and O–H groups in total. The summed E-state index contributed by atoms with van der Waals surface area (Å²) in [5.41, 5.74) is 1.55. The van der Waals surface area contributed by atoms with Crippen LogP contribution in [0, 0.1) is 5.92 Å². The van der Waals surface area contributed by atoms with Crippen molar-refractivity contribution >= 4 is 29.3 Å². The van der Waals surface area contributed by atoms with Crippen molar-refractivity contribution < 1.29 is 27.1 Å². The van der Waals surface area contributed by atoms with Gasteiger partial charge >= 0.3 is 6.36 Å². The second kappa shape index (κ2) is 8.67. The monoisotopic (exact) mass is 466 g/mol. The maximum Gasteiger partial charge on any atom is 0.573 e. The quantitative estimate of drug-likeness (QED) is 0.571. The molecule has 0 saturated carbocycles. The highest BCUT2D eigenvalue weighted by atomic mass is 35.5. The fraction of sp³-hybridized carbons (Fsp3) is 0.348. The summed E-state index contributed by atoms with van der Waals surface area (Å²) in [4.78, 5) is 15.2. The number of hydrogen-bond donors (Lipinski definition) is 1. The Balaban J connectivity index is 0.00000245. The van der Waals surface area contributed by atoms with E-state index in [2.05, 4.69) is 15.0 Å². The lowest BCUT2D eigenvalue weighted by molar-refractivity contribution is -0.274. The van der Waals surface area contributed by atoms with Crippen LogP contribution in [0.3, 0.4) is 0 Å². The minimum Gasteiger partial charge on any atom is -0.450 e. The Bertz CT molecular complexity index is 1120. The van der Waals surface area contributed by atoms with Crippen LogP contribution in [0.15, 0.2) is 52.9 Å². The number of nitrogens with one attached hydrogen (secondary N) is 1. The molecule has 3 aliphatic rings. The van der Waals surface area contributed by atoms with E-state index in [4.69, 9.17) is 4.42 Å². The summed E-state index contributed by atoms with van der Waals surface area (Å²) in [7, 11) is 0. The first-order chi connectivity index (χ1) is 14.9. The SMILES string of the molecule is Cl.O=C(N[C@H]1CN2CCC1CC2)c1cc2cccc(-c3cccc(OC(F)(F)F)c3)c2o1. The molecule has 170 valence electrons. The Morgan fingerprint density at radius 3 is 2.53 bits per heavy atom. The Labute approximate surface area is 188 Å². The Hall–Kier alpha value is -2.71. The first-order valence-electron chi connectivity index (χ1n) is 10.3. The third-order valence-electron chi connectivity index (χ3n) is 6.12. The van der Waals surface area contributed by atoms with Crippen molar-refractivity contribution in [3.8, 4) is 16.9 Å². The molecule has 4 heterocycles. The van der Waals surface area contributed by atoms with Crippen LogP contribution >= 0.6 is 12.4 Å². The minimum atomic E-state index is -4.77. The van der Waals surface area contributed by atoms with Crippen LogP contribution in [0.25, 0.3) is 22.1 Å². The van der Waals surface area contributed by atoms with Gasteiger partial charge in [-0.15, -0.1) is 25.6 Å². The summed E-state index contributed by atoms with van der Waals surface area (Å²) in [5, 5.41) is 3.81. The minimum absolute atomic E-state index is 0. The summed E-state index contributed by atoms with van der Waals surface area (Å²) in [6.07, 6.45) is -2.59. The zero-order chi connectivity index (χ0) is 21.6.